The van der Waals surface area contributed by atoms with Crippen LogP contribution < -0.4 is 23.8 Å². The number of sulfonamides is 1. The van der Waals surface area contributed by atoms with E-state index in [1.54, 1.807) is 55.5 Å². The minimum atomic E-state index is -4.26. The molecule has 0 aliphatic carbocycles. The summed E-state index contributed by atoms with van der Waals surface area (Å²) in [5, 5.41) is 2.56. The van der Waals surface area contributed by atoms with Gasteiger partial charge >= 0.3 is 0 Å². The highest BCUT2D eigenvalue weighted by atomic mass is 32.2. The van der Waals surface area contributed by atoms with Crippen molar-refractivity contribution in [1.29, 1.82) is 0 Å². The number of ether oxygens (including phenoxy) is 3. The summed E-state index contributed by atoms with van der Waals surface area (Å²) in [6, 6.07) is 17.2. The smallest absolute Gasteiger partial charge is 0.264 e. The van der Waals surface area contributed by atoms with Gasteiger partial charge in [-0.25, -0.2) is 8.42 Å². The summed E-state index contributed by atoms with van der Waals surface area (Å²) in [7, 11) is 1.61. The van der Waals surface area contributed by atoms with Gasteiger partial charge in [-0.3, -0.25) is 13.9 Å². The number of likely N-dealkylation sites (N-methyl/N-ethyl adjacent to an activating group) is 1. The molecule has 2 amide bonds. The normalized spacial score (nSPS) is 11.8. The van der Waals surface area contributed by atoms with Crippen molar-refractivity contribution in [1.82, 2.24) is 10.2 Å². The van der Waals surface area contributed by atoms with Crippen molar-refractivity contribution < 1.29 is 32.2 Å². The Morgan fingerprint density at radius 3 is 2.15 bits per heavy atom. The van der Waals surface area contributed by atoms with Crippen LogP contribution in [0.15, 0.2) is 71.6 Å². The van der Waals surface area contributed by atoms with E-state index in [1.807, 2.05) is 6.92 Å². The summed E-state index contributed by atoms with van der Waals surface area (Å²) in [6.07, 6.45) is 0. The van der Waals surface area contributed by atoms with E-state index in [9.17, 15) is 18.0 Å². The first-order chi connectivity index (χ1) is 19.0. The number of nitrogens with one attached hydrogen (secondary N) is 1. The van der Waals surface area contributed by atoms with Crippen LogP contribution in [0.1, 0.15) is 18.1 Å². The average molecular weight is 570 g/mol. The summed E-state index contributed by atoms with van der Waals surface area (Å²) in [6.45, 7) is 2.87. The Bertz CT molecular complexity index is 1440. The fourth-order valence-electron chi connectivity index (χ4n) is 4.10. The molecule has 0 fully saturated rings. The van der Waals surface area contributed by atoms with Gasteiger partial charge in [0.05, 0.1) is 31.9 Å². The van der Waals surface area contributed by atoms with E-state index in [0.717, 1.165) is 9.87 Å². The van der Waals surface area contributed by atoms with Crippen LogP contribution in [0.2, 0.25) is 0 Å². The number of hydrogen-bond acceptors (Lipinski definition) is 7. The van der Waals surface area contributed by atoms with Gasteiger partial charge in [0.2, 0.25) is 11.8 Å². The third-order valence-corrected chi connectivity index (χ3v) is 8.22. The van der Waals surface area contributed by atoms with Gasteiger partial charge in [-0.1, -0.05) is 29.8 Å². The molecule has 1 atom stereocenters. The summed E-state index contributed by atoms with van der Waals surface area (Å²) in [5.74, 6) is 0.187. The number of benzene rings is 3. The van der Waals surface area contributed by atoms with Crippen LogP contribution in [-0.4, -0.2) is 66.1 Å². The molecule has 0 aliphatic heterocycles. The number of hydrogen-bond donors (Lipinski definition) is 1. The molecule has 0 spiro atoms. The van der Waals surface area contributed by atoms with Crippen molar-refractivity contribution in [2.24, 2.45) is 0 Å². The predicted molar refractivity (Wildman–Crippen MR) is 152 cm³/mol. The third kappa shape index (κ3) is 6.84. The van der Waals surface area contributed by atoms with Crippen molar-refractivity contribution in [2.45, 2.75) is 31.3 Å². The summed E-state index contributed by atoms with van der Waals surface area (Å²) < 4.78 is 45.2. The molecule has 3 aromatic carbocycles. The van der Waals surface area contributed by atoms with Gasteiger partial charge in [0, 0.05) is 19.7 Å². The largest absolute Gasteiger partial charge is 0.497 e. The molecule has 214 valence electrons. The molecule has 10 nitrogen and oxygen atoms in total. The standard InChI is InChI=1S/C29H35N3O7S/c1-20-10-13-25(14-11-20)40(35,36)32(26-17-24(38-5)12-15-27(26)39-6)19-28(33)31(21(2)29(34)30-3)18-22-8-7-9-23(16-22)37-4/h7-17,21H,18-19H2,1-6H3,(H,30,34)/t21-/m0/s1. The van der Waals surface area contributed by atoms with E-state index in [2.05, 4.69) is 5.32 Å². The Balaban J connectivity index is 2.13. The zero-order valence-corrected chi connectivity index (χ0v) is 24.3. The average Bonchev–Trinajstić information content (AvgIpc) is 2.97. The Labute approximate surface area is 235 Å². The molecule has 0 aliphatic rings. The van der Waals surface area contributed by atoms with Crippen molar-refractivity contribution >= 4 is 27.5 Å². The van der Waals surface area contributed by atoms with E-state index in [1.165, 1.54) is 51.5 Å². The van der Waals surface area contributed by atoms with Crippen molar-refractivity contribution in [3.63, 3.8) is 0 Å². The van der Waals surface area contributed by atoms with Gasteiger partial charge in [0.15, 0.2) is 0 Å². The van der Waals surface area contributed by atoms with Gasteiger partial charge in [-0.05, 0) is 55.8 Å². The number of rotatable bonds is 12. The SMILES string of the molecule is CNC(=O)[C@H](C)N(Cc1cccc(OC)c1)C(=O)CN(c1cc(OC)ccc1OC)S(=O)(=O)c1ccc(C)cc1. The molecule has 1 N–H and O–H groups in total. The lowest BCUT2D eigenvalue weighted by Crippen LogP contribution is -2.50. The van der Waals surface area contributed by atoms with Crippen LogP contribution in [-0.2, 0) is 26.2 Å². The molecular weight excluding hydrogens is 534 g/mol. The lowest BCUT2D eigenvalue weighted by atomic mass is 10.1. The van der Waals surface area contributed by atoms with Crippen LogP contribution in [0, 0.1) is 6.92 Å². The number of carbonyl (C=O) groups is 2. The highest BCUT2D eigenvalue weighted by molar-refractivity contribution is 7.92. The second-order valence-corrected chi connectivity index (χ2v) is 10.9. The maximum atomic E-state index is 14.0. The van der Waals surface area contributed by atoms with Gasteiger partial charge in [0.1, 0.15) is 29.8 Å². The van der Waals surface area contributed by atoms with Crippen LogP contribution >= 0.6 is 0 Å². The molecule has 0 bridgehead atoms. The Morgan fingerprint density at radius 2 is 1.55 bits per heavy atom. The van der Waals surface area contributed by atoms with E-state index >= 15 is 0 Å². The summed E-state index contributed by atoms with van der Waals surface area (Å²) in [4.78, 5) is 28.0. The summed E-state index contributed by atoms with van der Waals surface area (Å²) in [5.41, 5.74) is 1.70. The molecule has 0 aromatic heterocycles. The molecule has 3 aromatic rings. The number of aryl methyl sites for hydroxylation is 1. The number of methoxy groups -OCH3 is 3. The maximum absolute atomic E-state index is 14.0. The van der Waals surface area contributed by atoms with Crippen LogP contribution in [0.5, 0.6) is 17.2 Å². The number of carbonyl (C=O) groups excluding carboxylic acids is 2. The quantitative estimate of drug-likeness (QED) is 0.356. The zero-order chi connectivity index (χ0) is 29.4. The molecule has 0 unspecified atom stereocenters. The molecular formula is C29H35N3O7S. The minimum absolute atomic E-state index is 0.00512. The lowest BCUT2D eigenvalue weighted by molar-refractivity contribution is -0.139. The monoisotopic (exact) mass is 569 g/mol. The fraction of sp³-hybridized carbons (Fsp3) is 0.310. The molecule has 11 heteroatoms. The highest BCUT2D eigenvalue weighted by Gasteiger charge is 2.34. The van der Waals surface area contributed by atoms with E-state index in [4.69, 9.17) is 14.2 Å². The maximum Gasteiger partial charge on any atom is 0.264 e. The molecule has 0 heterocycles. The second kappa shape index (κ2) is 13.2. The van der Waals surface area contributed by atoms with Crippen molar-refractivity contribution in [3.8, 4) is 17.2 Å². The summed E-state index contributed by atoms with van der Waals surface area (Å²) >= 11 is 0. The topological polar surface area (TPSA) is 114 Å². The Morgan fingerprint density at radius 1 is 0.900 bits per heavy atom. The van der Waals surface area contributed by atoms with E-state index in [0.29, 0.717) is 17.1 Å². The fourth-order valence-corrected chi connectivity index (χ4v) is 5.52. The number of anilines is 1. The first kappa shape index (κ1) is 30.3. The minimum Gasteiger partial charge on any atom is -0.497 e. The number of nitrogens with zero attached hydrogens (tertiary/aromatic N) is 2. The first-order valence-corrected chi connectivity index (χ1v) is 13.9. The third-order valence-electron chi connectivity index (χ3n) is 6.44. The van der Waals surface area contributed by atoms with E-state index in [-0.39, 0.29) is 22.9 Å². The second-order valence-electron chi connectivity index (χ2n) is 9.03. The van der Waals surface area contributed by atoms with Crippen LogP contribution in [0.25, 0.3) is 0 Å². The van der Waals surface area contributed by atoms with Crippen LogP contribution in [0.3, 0.4) is 0 Å². The first-order valence-electron chi connectivity index (χ1n) is 12.5. The van der Waals surface area contributed by atoms with Gasteiger partial charge in [-0.15, -0.1) is 0 Å². The highest BCUT2D eigenvalue weighted by Crippen LogP contribution is 2.36. The van der Waals surface area contributed by atoms with Crippen LogP contribution in [0.4, 0.5) is 5.69 Å². The molecule has 3 rings (SSSR count). The zero-order valence-electron chi connectivity index (χ0n) is 23.5. The van der Waals surface area contributed by atoms with Crippen molar-refractivity contribution in [2.75, 3.05) is 39.2 Å². The van der Waals surface area contributed by atoms with Gasteiger partial charge < -0.3 is 24.4 Å². The van der Waals surface area contributed by atoms with Gasteiger partial charge in [0.25, 0.3) is 10.0 Å². The Kier molecular flexibility index (Phi) is 10.0. The van der Waals surface area contributed by atoms with Crippen molar-refractivity contribution in [3.05, 3.63) is 77.9 Å². The molecule has 0 saturated carbocycles. The van der Waals surface area contributed by atoms with E-state index < -0.39 is 34.4 Å². The predicted octanol–water partition coefficient (Wildman–Crippen LogP) is 3.38. The number of amides is 2. The molecule has 0 saturated heterocycles. The lowest BCUT2D eigenvalue weighted by Gasteiger charge is -2.32. The Hall–Kier alpha value is -4.25. The molecule has 0 radical (unpaired) electrons. The molecule has 40 heavy (non-hydrogen) atoms. The van der Waals surface area contributed by atoms with Gasteiger partial charge in [-0.2, -0.15) is 0 Å².